The molecule has 0 saturated carbocycles. The highest BCUT2D eigenvalue weighted by Crippen LogP contribution is 2.26. The van der Waals surface area contributed by atoms with Crippen LogP contribution in [0.1, 0.15) is 37.8 Å². The molecule has 2 rings (SSSR count). The fourth-order valence-electron chi connectivity index (χ4n) is 3.18. The second-order valence-corrected chi connectivity index (χ2v) is 6.26. The van der Waals surface area contributed by atoms with Crippen LogP contribution in [0.4, 0.5) is 0 Å². The van der Waals surface area contributed by atoms with Gasteiger partial charge in [0.25, 0.3) is 0 Å². The predicted molar refractivity (Wildman–Crippen MR) is 118 cm³/mol. The molecule has 1 aliphatic heterocycles. The van der Waals surface area contributed by atoms with E-state index in [-0.39, 0.29) is 36.6 Å². The second kappa shape index (κ2) is 13.2. The number of halogens is 1. The number of nitrogens with one attached hydrogen (secondary N) is 2. The largest absolute Gasteiger partial charge is 0.497 e. The van der Waals surface area contributed by atoms with Crippen molar-refractivity contribution in [1.82, 2.24) is 15.5 Å². The Morgan fingerprint density at radius 1 is 1.19 bits per heavy atom. The molecule has 1 fully saturated rings. The van der Waals surface area contributed by atoms with Gasteiger partial charge in [-0.15, -0.1) is 24.0 Å². The number of aliphatic hydroxyl groups is 1. The van der Waals surface area contributed by atoms with Crippen LogP contribution >= 0.6 is 24.0 Å². The molecule has 26 heavy (non-hydrogen) atoms. The minimum atomic E-state index is 0. The van der Waals surface area contributed by atoms with Crippen LogP contribution in [0.25, 0.3) is 0 Å². The van der Waals surface area contributed by atoms with E-state index < -0.39 is 0 Å². The molecule has 1 aliphatic rings. The summed E-state index contributed by atoms with van der Waals surface area (Å²) in [6.07, 6.45) is 3.81. The first-order valence-corrected chi connectivity index (χ1v) is 9.29. The van der Waals surface area contributed by atoms with E-state index in [1.54, 1.807) is 7.11 Å². The first-order chi connectivity index (χ1) is 12.3. The molecule has 7 heteroatoms. The number of ether oxygens (including phenoxy) is 1. The van der Waals surface area contributed by atoms with Gasteiger partial charge in [-0.3, -0.25) is 9.89 Å². The molecule has 0 aromatic heterocycles. The molecule has 6 nitrogen and oxygen atoms in total. The Labute approximate surface area is 174 Å². The van der Waals surface area contributed by atoms with E-state index in [2.05, 4.69) is 27.7 Å². The lowest BCUT2D eigenvalue weighted by molar-refractivity contribution is 0.167. The van der Waals surface area contributed by atoms with E-state index in [1.165, 1.54) is 24.8 Å². The molecular formula is C19H33IN4O2. The Morgan fingerprint density at radius 3 is 2.46 bits per heavy atom. The summed E-state index contributed by atoms with van der Waals surface area (Å²) in [6.45, 7) is 6.36. The third-order valence-electron chi connectivity index (χ3n) is 4.50. The fraction of sp³-hybridized carbons (Fsp3) is 0.632. The van der Waals surface area contributed by atoms with Gasteiger partial charge in [0.15, 0.2) is 5.96 Å². The molecule has 1 aromatic carbocycles. The van der Waals surface area contributed by atoms with Crippen molar-refractivity contribution in [2.24, 2.45) is 4.99 Å². The van der Waals surface area contributed by atoms with Crippen LogP contribution in [0.5, 0.6) is 5.75 Å². The van der Waals surface area contributed by atoms with Crippen LogP contribution in [-0.4, -0.2) is 62.4 Å². The third kappa shape index (κ3) is 7.28. The topological polar surface area (TPSA) is 69.1 Å². The third-order valence-corrected chi connectivity index (χ3v) is 4.50. The van der Waals surface area contributed by atoms with Crippen LogP contribution in [0, 0.1) is 0 Å². The maximum absolute atomic E-state index is 9.03. The number of guanidine groups is 1. The van der Waals surface area contributed by atoms with Crippen molar-refractivity contribution >= 4 is 29.9 Å². The quantitative estimate of drug-likeness (QED) is 0.306. The molecule has 1 aromatic rings. The number of likely N-dealkylation sites (tertiary alicyclic amines) is 1. The van der Waals surface area contributed by atoms with Crippen molar-refractivity contribution in [2.75, 3.05) is 46.4 Å². The number of methoxy groups -OCH3 is 1. The van der Waals surface area contributed by atoms with Gasteiger partial charge in [0.2, 0.25) is 0 Å². The van der Waals surface area contributed by atoms with E-state index in [1.807, 2.05) is 19.1 Å². The molecule has 3 N–H and O–H groups in total. The van der Waals surface area contributed by atoms with E-state index >= 15 is 0 Å². The lowest BCUT2D eigenvalue weighted by Crippen LogP contribution is -2.40. The molecule has 0 aliphatic carbocycles. The van der Waals surface area contributed by atoms with Crippen LogP contribution in [0.15, 0.2) is 29.3 Å². The van der Waals surface area contributed by atoms with Crippen LogP contribution in [-0.2, 0) is 0 Å². The summed E-state index contributed by atoms with van der Waals surface area (Å²) in [5.74, 6) is 1.63. The van der Waals surface area contributed by atoms with E-state index in [9.17, 15) is 0 Å². The molecule has 0 spiro atoms. The molecule has 0 radical (unpaired) electrons. The summed E-state index contributed by atoms with van der Waals surface area (Å²) in [5, 5.41) is 15.4. The first kappa shape index (κ1) is 23.0. The lowest BCUT2D eigenvalue weighted by Gasteiger charge is -2.34. The van der Waals surface area contributed by atoms with E-state index in [0.29, 0.717) is 13.1 Å². The predicted octanol–water partition coefficient (Wildman–Crippen LogP) is 2.39. The molecule has 1 atom stereocenters. The van der Waals surface area contributed by atoms with Gasteiger partial charge in [0.05, 0.1) is 26.3 Å². The van der Waals surface area contributed by atoms with Gasteiger partial charge in [0, 0.05) is 13.1 Å². The van der Waals surface area contributed by atoms with Gasteiger partial charge in [-0.1, -0.05) is 18.6 Å². The van der Waals surface area contributed by atoms with Crippen molar-refractivity contribution in [1.29, 1.82) is 0 Å². The highest BCUT2D eigenvalue weighted by Gasteiger charge is 2.22. The van der Waals surface area contributed by atoms with Crippen LogP contribution < -0.4 is 15.4 Å². The molecule has 1 saturated heterocycles. The summed E-state index contributed by atoms with van der Waals surface area (Å²) >= 11 is 0. The smallest absolute Gasteiger partial charge is 0.191 e. The Hall–Kier alpha value is -1.06. The van der Waals surface area contributed by atoms with Crippen LogP contribution in [0.3, 0.4) is 0 Å². The van der Waals surface area contributed by atoms with Gasteiger partial charge in [0.1, 0.15) is 5.75 Å². The normalized spacial score (nSPS) is 16.5. The molecule has 0 bridgehead atoms. The number of aliphatic hydroxyl groups excluding tert-OH is 1. The molecule has 0 amide bonds. The van der Waals surface area contributed by atoms with Crippen molar-refractivity contribution in [3.63, 3.8) is 0 Å². The van der Waals surface area contributed by atoms with Gasteiger partial charge in [-0.2, -0.15) is 0 Å². The van der Waals surface area contributed by atoms with E-state index in [4.69, 9.17) is 14.8 Å². The number of piperidine rings is 1. The maximum atomic E-state index is 9.03. The summed E-state index contributed by atoms with van der Waals surface area (Å²) in [5.41, 5.74) is 1.27. The Bertz CT molecular complexity index is 519. The standard InChI is InChI=1S/C19H32N4O2.HI/c1-3-20-19(21-11-14-24)22-15-18(23-12-5-4-6-13-23)16-7-9-17(25-2)10-8-16;/h7-10,18,24H,3-6,11-15H2,1-2H3,(H2,20,21,22);1H. The minimum absolute atomic E-state index is 0. The zero-order valence-corrected chi connectivity index (χ0v) is 18.2. The number of hydrogen-bond donors (Lipinski definition) is 3. The fourth-order valence-corrected chi connectivity index (χ4v) is 3.18. The van der Waals surface area contributed by atoms with E-state index in [0.717, 1.165) is 31.3 Å². The number of rotatable bonds is 8. The Balaban J connectivity index is 0.00000338. The van der Waals surface area contributed by atoms with Crippen molar-refractivity contribution in [2.45, 2.75) is 32.2 Å². The monoisotopic (exact) mass is 476 g/mol. The zero-order valence-electron chi connectivity index (χ0n) is 15.9. The van der Waals surface area contributed by atoms with Gasteiger partial charge in [-0.25, -0.2) is 0 Å². The SMILES string of the molecule is CCNC(=NCC(c1ccc(OC)cc1)N1CCCCC1)NCCO.I. The average molecular weight is 476 g/mol. The highest BCUT2D eigenvalue weighted by atomic mass is 127. The maximum Gasteiger partial charge on any atom is 0.191 e. The van der Waals surface area contributed by atoms with Gasteiger partial charge < -0.3 is 20.5 Å². The summed E-state index contributed by atoms with van der Waals surface area (Å²) in [4.78, 5) is 7.29. The van der Waals surface area contributed by atoms with Gasteiger partial charge >= 0.3 is 0 Å². The number of nitrogens with zero attached hydrogens (tertiary/aromatic N) is 2. The molecule has 1 unspecified atom stereocenters. The number of hydrogen-bond acceptors (Lipinski definition) is 4. The number of aliphatic imine (C=N–C) groups is 1. The molecule has 1 heterocycles. The van der Waals surface area contributed by atoms with Crippen molar-refractivity contribution in [3.05, 3.63) is 29.8 Å². The van der Waals surface area contributed by atoms with Crippen LogP contribution in [0.2, 0.25) is 0 Å². The first-order valence-electron chi connectivity index (χ1n) is 9.29. The van der Waals surface area contributed by atoms with Crippen molar-refractivity contribution in [3.8, 4) is 5.75 Å². The zero-order chi connectivity index (χ0) is 17.9. The Kier molecular flexibility index (Phi) is 11.6. The number of benzene rings is 1. The summed E-state index contributed by atoms with van der Waals surface area (Å²) < 4.78 is 5.28. The molecule has 148 valence electrons. The average Bonchev–Trinajstić information content (AvgIpc) is 2.67. The lowest BCUT2D eigenvalue weighted by atomic mass is 10.0. The highest BCUT2D eigenvalue weighted by molar-refractivity contribution is 14.0. The Morgan fingerprint density at radius 2 is 1.88 bits per heavy atom. The summed E-state index contributed by atoms with van der Waals surface area (Å²) in [7, 11) is 1.69. The minimum Gasteiger partial charge on any atom is -0.497 e. The summed E-state index contributed by atoms with van der Waals surface area (Å²) in [6, 6.07) is 8.58. The second-order valence-electron chi connectivity index (χ2n) is 6.26. The molecular weight excluding hydrogens is 443 g/mol. The van der Waals surface area contributed by atoms with Gasteiger partial charge in [-0.05, 0) is 50.6 Å². The van der Waals surface area contributed by atoms with Crippen molar-refractivity contribution < 1.29 is 9.84 Å².